The third-order valence-corrected chi connectivity index (χ3v) is 8.71. The van der Waals surface area contributed by atoms with Crippen molar-refractivity contribution < 1.29 is 22.1 Å². The molecule has 38 heavy (non-hydrogen) atoms. The first kappa shape index (κ1) is 24.6. The third-order valence-electron chi connectivity index (χ3n) is 7.76. The number of aromatic nitrogens is 2. The molecule has 3 atom stereocenters. The first-order valence-corrected chi connectivity index (χ1v) is 14.1. The molecule has 1 heterocycles. The molecule has 0 radical (unpaired) electrons. The van der Waals surface area contributed by atoms with E-state index in [0.29, 0.717) is 0 Å². The van der Waals surface area contributed by atoms with E-state index in [4.69, 9.17) is 9.28 Å². The molecule has 2 aliphatic rings. The predicted octanol–water partition coefficient (Wildman–Crippen LogP) is 5.01. The fraction of sp³-hybridized carbons (Fsp3) is 0.276. The second-order valence-electron chi connectivity index (χ2n) is 10.2. The highest BCUT2D eigenvalue weighted by Gasteiger charge is 2.41. The van der Waals surface area contributed by atoms with E-state index in [1.165, 1.54) is 35.4 Å². The first-order chi connectivity index (χ1) is 18.3. The SMILES string of the molecule is Cn1nc(-c2ccc3c(c2)CC2CCC(C3)[C@H]2NS(=O)(=O)Oc2ccccc2O)cc1-c1ccc(F)cc1. The smallest absolute Gasteiger partial charge is 0.383 e. The fourth-order valence-corrected chi connectivity index (χ4v) is 7.04. The highest BCUT2D eigenvalue weighted by Crippen LogP contribution is 2.41. The van der Waals surface area contributed by atoms with Crippen LogP contribution in [0.5, 0.6) is 11.5 Å². The Bertz CT molecular complexity index is 1600. The maximum Gasteiger partial charge on any atom is 0.383 e. The van der Waals surface area contributed by atoms with E-state index < -0.39 is 10.3 Å². The molecule has 0 saturated heterocycles. The number of para-hydroxylation sites is 2. The third kappa shape index (κ3) is 4.79. The standard InChI is InChI=1S/C29H28FN3O4S/c1-33-26(18-10-12-24(30)13-11-18)17-25(31-33)20-7-6-19-14-21-8-9-22(16-23(19)15-20)29(21)32-38(35,36)37-28-5-3-2-4-27(28)34/h2-7,10-13,15,17,21-22,29,32,34H,8-9,14,16H2,1H3/t21?,22?,29-/m1/s1. The Morgan fingerprint density at radius 3 is 2.37 bits per heavy atom. The monoisotopic (exact) mass is 533 g/mol. The minimum atomic E-state index is -4.11. The lowest BCUT2D eigenvalue weighted by molar-refractivity contribution is 0.363. The van der Waals surface area contributed by atoms with Crippen LogP contribution in [0.1, 0.15) is 24.0 Å². The lowest BCUT2D eigenvalue weighted by Crippen LogP contribution is -2.43. The van der Waals surface area contributed by atoms with Gasteiger partial charge in [-0.25, -0.2) is 4.39 Å². The average Bonchev–Trinajstić information content (AvgIpc) is 3.39. The highest BCUT2D eigenvalue weighted by atomic mass is 32.2. The van der Waals surface area contributed by atoms with Crippen LogP contribution in [-0.2, 0) is 30.2 Å². The number of phenols is 1. The molecule has 2 aliphatic carbocycles. The van der Waals surface area contributed by atoms with Gasteiger partial charge >= 0.3 is 10.3 Å². The van der Waals surface area contributed by atoms with Crippen molar-refractivity contribution in [2.75, 3.05) is 0 Å². The van der Waals surface area contributed by atoms with Crippen LogP contribution >= 0.6 is 0 Å². The number of fused-ring (bicyclic) bond motifs is 3. The van der Waals surface area contributed by atoms with Crippen molar-refractivity contribution in [3.05, 3.63) is 89.7 Å². The minimum Gasteiger partial charge on any atom is -0.504 e. The molecule has 0 spiro atoms. The number of halogens is 1. The van der Waals surface area contributed by atoms with Crippen LogP contribution in [0, 0.1) is 17.7 Å². The number of hydrogen-bond acceptors (Lipinski definition) is 5. The van der Waals surface area contributed by atoms with Gasteiger partial charge in [-0.05, 0) is 103 Å². The van der Waals surface area contributed by atoms with Gasteiger partial charge in [-0.15, -0.1) is 0 Å². The molecule has 1 aromatic heterocycles. The Labute approximate surface area is 221 Å². The number of nitrogens with one attached hydrogen (secondary N) is 1. The van der Waals surface area contributed by atoms with Gasteiger partial charge in [0.05, 0.1) is 11.4 Å². The summed E-state index contributed by atoms with van der Waals surface area (Å²) < 4.78 is 48.9. The van der Waals surface area contributed by atoms with E-state index in [1.807, 2.05) is 13.1 Å². The van der Waals surface area contributed by atoms with E-state index in [9.17, 15) is 17.9 Å². The van der Waals surface area contributed by atoms with Crippen molar-refractivity contribution in [2.45, 2.75) is 31.7 Å². The summed E-state index contributed by atoms with van der Waals surface area (Å²) >= 11 is 0. The molecule has 1 saturated carbocycles. The number of benzene rings is 3. The van der Waals surface area contributed by atoms with Gasteiger partial charge in [0.25, 0.3) is 0 Å². The minimum absolute atomic E-state index is 0.0933. The summed E-state index contributed by atoms with van der Waals surface area (Å²) in [6, 6.07) is 20.5. The van der Waals surface area contributed by atoms with Gasteiger partial charge in [-0.2, -0.15) is 18.2 Å². The van der Waals surface area contributed by atoms with Crippen LogP contribution in [-0.4, -0.2) is 29.3 Å². The molecule has 3 aromatic carbocycles. The number of nitrogens with zero attached hydrogens (tertiary/aromatic N) is 2. The van der Waals surface area contributed by atoms with Gasteiger partial charge in [0.2, 0.25) is 0 Å². The molecule has 2 bridgehead atoms. The van der Waals surface area contributed by atoms with Crippen molar-refractivity contribution in [3.8, 4) is 34.0 Å². The zero-order chi connectivity index (χ0) is 26.4. The normalized spacial score (nSPS) is 20.6. The molecule has 196 valence electrons. The van der Waals surface area contributed by atoms with Crippen molar-refractivity contribution in [3.63, 3.8) is 0 Å². The van der Waals surface area contributed by atoms with E-state index in [1.54, 1.807) is 28.9 Å². The molecule has 6 rings (SSSR count). The van der Waals surface area contributed by atoms with Crippen LogP contribution in [0.15, 0.2) is 72.8 Å². The van der Waals surface area contributed by atoms with Crippen molar-refractivity contribution in [1.29, 1.82) is 0 Å². The second-order valence-corrected chi connectivity index (χ2v) is 11.5. The molecule has 2 unspecified atom stereocenters. The van der Waals surface area contributed by atoms with Gasteiger partial charge in [-0.1, -0.05) is 24.3 Å². The fourth-order valence-electron chi connectivity index (χ4n) is 5.90. The van der Waals surface area contributed by atoms with Crippen molar-refractivity contribution in [1.82, 2.24) is 14.5 Å². The van der Waals surface area contributed by atoms with E-state index >= 15 is 0 Å². The molecule has 9 heteroatoms. The van der Waals surface area contributed by atoms with Crippen LogP contribution < -0.4 is 8.91 Å². The zero-order valence-corrected chi connectivity index (χ0v) is 21.7. The van der Waals surface area contributed by atoms with Crippen LogP contribution in [0.25, 0.3) is 22.5 Å². The summed E-state index contributed by atoms with van der Waals surface area (Å²) in [5, 5.41) is 14.6. The lowest BCUT2D eigenvalue weighted by atomic mass is 9.91. The average molecular weight is 534 g/mol. The van der Waals surface area contributed by atoms with Crippen molar-refractivity contribution in [2.24, 2.45) is 18.9 Å². The van der Waals surface area contributed by atoms with Crippen LogP contribution in [0.3, 0.4) is 0 Å². The summed E-state index contributed by atoms with van der Waals surface area (Å²) in [6.45, 7) is 0. The van der Waals surface area contributed by atoms with Crippen LogP contribution in [0.4, 0.5) is 4.39 Å². The lowest BCUT2D eigenvalue weighted by Gasteiger charge is -2.23. The van der Waals surface area contributed by atoms with E-state index in [0.717, 1.165) is 48.2 Å². The summed E-state index contributed by atoms with van der Waals surface area (Å²) in [7, 11) is -2.24. The molecule has 0 aliphatic heterocycles. The largest absolute Gasteiger partial charge is 0.504 e. The maximum absolute atomic E-state index is 13.4. The molecule has 7 nitrogen and oxygen atoms in total. The van der Waals surface area contributed by atoms with Crippen molar-refractivity contribution >= 4 is 10.3 Å². The number of aromatic hydroxyl groups is 1. The maximum atomic E-state index is 13.4. The molecular weight excluding hydrogens is 505 g/mol. The Hall–Kier alpha value is -3.69. The Morgan fingerprint density at radius 1 is 0.947 bits per heavy atom. The number of aryl methyl sites for hydroxylation is 1. The summed E-state index contributed by atoms with van der Waals surface area (Å²) in [5.41, 5.74) is 6.03. The van der Waals surface area contributed by atoms with Gasteiger partial charge < -0.3 is 9.29 Å². The molecule has 4 aromatic rings. The molecule has 0 amide bonds. The van der Waals surface area contributed by atoms with Crippen LogP contribution in [0.2, 0.25) is 0 Å². The van der Waals surface area contributed by atoms with E-state index in [-0.39, 0.29) is 35.2 Å². The number of phenolic OH excluding ortho intramolecular Hbond substituents is 1. The van der Waals surface area contributed by atoms with Gasteiger partial charge in [0, 0.05) is 18.7 Å². The van der Waals surface area contributed by atoms with Gasteiger partial charge in [0.1, 0.15) is 5.82 Å². The topological polar surface area (TPSA) is 93.5 Å². The zero-order valence-electron chi connectivity index (χ0n) is 20.8. The second kappa shape index (κ2) is 9.56. The molecular formula is C29H28FN3O4S. The Morgan fingerprint density at radius 2 is 1.63 bits per heavy atom. The van der Waals surface area contributed by atoms with E-state index in [2.05, 4.69) is 22.9 Å². The molecule has 2 N–H and O–H groups in total. The highest BCUT2D eigenvalue weighted by molar-refractivity contribution is 7.85. The van der Waals surface area contributed by atoms with Gasteiger partial charge in [-0.3, -0.25) is 4.68 Å². The summed E-state index contributed by atoms with van der Waals surface area (Å²) in [4.78, 5) is 0. The van der Waals surface area contributed by atoms with Gasteiger partial charge in [0.15, 0.2) is 11.5 Å². The number of hydrogen-bond donors (Lipinski definition) is 2. The Balaban J connectivity index is 1.23. The molecule has 1 fully saturated rings. The number of rotatable bonds is 6. The first-order valence-electron chi connectivity index (χ1n) is 12.7. The summed E-state index contributed by atoms with van der Waals surface area (Å²) in [5.74, 6) is -0.294. The predicted molar refractivity (Wildman–Crippen MR) is 142 cm³/mol. The Kier molecular flexibility index (Phi) is 6.20. The summed E-state index contributed by atoms with van der Waals surface area (Å²) in [6.07, 6.45) is 3.40. The quantitative estimate of drug-likeness (QED) is 0.364.